The van der Waals surface area contributed by atoms with Crippen LogP contribution in [0.3, 0.4) is 0 Å². The lowest BCUT2D eigenvalue weighted by Crippen LogP contribution is -2.47. The molecule has 2 aliphatic rings. The van der Waals surface area contributed by atoms with Crippen LogP contribution < -0.4 is 10.6 Å². The number of nitrogens with zero attached hydrogens (tertiary/aromatic N) is 1. The first-order valence-corrected chi connectivity index (χ1v) is 8.50. The molecule has 3 atom stereocenters. The van der Waals surface area contributed by atoms with Gasteiger partial charge in [0.05, 0.1) is 18.2 Å². The molecule has 0 aliphatic carbocycles. The van der Waals surface area contributed by atoms with E-state index in [1.165, 1.54) is 24.0 Å². The van der Waals surface area contributed by atoms with E-state index >= 15 is 0 Å². The summed E-state index contributed by atoms with van der Waals surface area (Å²) in [4.78, 5) is 4.72. The first-order valence-electron chi connectivity index (χ1n) is 8.50. The molecule has 2 fully saturated rings. The van der Waals surface area contributed by atoms with Crippen LogP contribution in [-0.2, 0) is 11.2 Å². The number of hydrogen-bond acceptors (Lipinski definition) is 2. The molecule has 3 rings (SSSR count). The second kappa shape index (κ2) is 7.14. The second-order valence-corrected chi connectivity index (χ2v) is 6.36. The third-order valence-electron chi connectivity index (χ3n) is 4.53. The molecule has 1 aromatic rings. The van der Waals surface area contributed by atoms with E-state index in [9.17, 15) is 0 Å². The van der Waals surface area contributed by atoms with Gasteiger partial charge in [0.15, 0.2) is 5.96 Å². The van der Waals surface area contributed by atoms with Crippen LogP contribution in [0.15, 0.2) is 29.3 Å². The summed E-state index contributed by atoms with van der Waals surface area (Å²) in [5, 5.41) is 6.91. The third kappa shape index (κ3) is 3.80. The van der Waals surface area contributed by atoms with E-state index in [0.29, 0.717) is 18.2 Å². The lowest BCUT2D eigenvalue weighted by Gasteiger charge is -2.22. The molecule has 120 valence electrons. The summed E-state index contributed by atoms with van der Waals surface area (Å²) in [6.07, 6.45) is 5.36. The van der Waals surface area contributed by atoms with Crippen molar-refractivity contribution in [2.45, 2.75) is 57.8 Å². The number of benzene rings is 1. The van der Waals surface area contributed by atoms with Crippen LogP contribution in [0.25, 0.3) is 0 Å². The van der Waals surface area contributed by atoms with Crippen LogP contribution >= 0.6 is 0 Å². The van der Waals surface area contributed by atoms with Gasteiger partial charge in [-0.2, -0.15) is 0 Å². The van der Waals surface area contributed by atoms with E-state index in [4.69, 9.17) is 9.73 Å². The van der Waals surface area contributed by atoms with Crippen molar-refractivity contribution in [2.24, 2.45) is 4.99 Å². The number of guanidine groups is 1. The lowest BCUT2D eigenvalue weighted by atomic mass is 9.96. The van der Waals surface area contributed by atoms with Crippen LogP contribution in [-0.4, -0.2) is 37.3 Å². The van der Waals surface area contributed by atoms with Crippen molar-refractivity contribution in [1.29, 1.82) is 0 Å². The van der Waals surface area contributed by atoms with E-state index in [1.54, 1.807) is 0 Å². The molecule has 3 unspecified atom stereocenters. The molecule has 0 saturated carbocycles. The Labute approximate surface area is 133 Å². The second-order valence-electron chi connectivity index (χ2n) is 6.36. The molecule has 0 spiro atoms. The average molecular weight is 301 g/mol. The van der Waals surface area contributed by atoms with Crippen molar-refractivity contribution in [3.8, 4) is 0 Å². The summed E-state index contributed by atoms with van der Waals surface area (Å²) in [7, 11) is 0. The maximum absolute atomic E-state index is 5.91. The molecule has 1 aromatic carbocycles. The van der Waals surface area contributed by atoms with Crippen LogP contribution in [0.4, 0.5) is 0 Å². The molecule has 4 heteroatoms. The van der Waals surface area contributed by atoms with Crippen LogP contribution in [0.1, 0.15) is 37.3 Å². The first kappa shape index (κ1) is 15.3. The molecule has 2 heterocycles. The molecule has 2 N–H and O–H groups in total. The molecule has 2 saturated heterocycles. The van der Waals surface area contributed by atoms with Gasteiger partial charge in [-0.15, -0.1) is 0 Å². The van der Waals surface area contributed by atoms with Gasteiger partial charge < -0.3 is 15.4 Å². The Hall–Kier alpha value is -1.55. The maximum atomic E-state index is 5.91. The minimum absolute atomic E-state index is 0.380. The van der Waals surface area contributed by atoms with E-state index in [2.05, 4.69) is 48.7 Å². The van der Waals surface area contributed by atoms with Gasteiger partial charge in [-0.25, -0.2) is 0 Å². The highest BCUT2D eigenvalue weighted by molar-refractivity contribution is 5.80. The Morgan fingerprint density at radius 3 is 2.95 bits per heavy atom. The van der Waals surface area contributed by atoms with Crippen LogP contribution in [0.2, 0.25) is 0 Å². The maximum Gasteiger partial charge on any atom is 0.191 e. The number of ether oxygens (including phenoxy) is 1. The van der Waals surface area contributed by atoms with Crippen LogP contribution in [0, 0.1) is 6.92 Å². The molecule has 22 heavy (non-hydrogen) atoms. The highest BCUT2D eigenvalue weighted by Crippen LogP contribution is 2.34. The van der Waals surface area contributed by atoms with Gasteiger partial charge in [-0.1, -0.05) is 29.8 Å². The average Bonchev–Trinajstić information content (AvgIpc) is 3.10. The Kier molecular flexibility index (Phi) is 4.98. The predicted octanol–water partition coefficient (Wildman–Crippen LogP) is 2.41. The van der Waals surface area contributed by atoms with Gasteiger partial charge in [-0.05, 0) is 45.1 Å². The summed E-state index contributed by atoms with van der Waals surface area (Å²) < 4.78 is 5.91. The molecule has 2 bridgehead atoms. The van der Waals surface area contributed by atoms with Crippen LogP contribution in [0.5, 0.6) is 0 Å². The van der Waals surface area contributed by atoms with Gasteiger partial charge in [-0.3, -0.25) is 4.99 Å². The zero-order valence-electron chi connectivity index (χ0n) is 13.6. The van der Waals surface area contributed by atoms with Crippen molar-refractivity contribution in [2.75, 3.05) is 13.1 Å². The van der Waals surface area contributed by atoms with Crippen molar-refractivity contribution >= 4 is 5.96 Å². The largest absolute Gasteiger partial charge is 0.373 e. The molecule has 0 aromatic heterocycles. The Morgan fingerprint density at radius 1 is 1.36 bits per heavy atom. The van der Waals surface area contributed by atoms with E-state index < -0.39 is 0 Å². The number of nitrogens with one attached hydrogen (secondary N) is 2. The molecule has 0 radical (unpaired) electrons. The Balaban J connectivity index is 1.53. The monoisotopic (exact) mass is 301 g/mol. The Morgan fingerprint density at radius 2 is 2.27 bits per heavy atom. The summed E-state index contributed by atoms with van der Waals surface area (Å²) in [5.74, 6) is 0.927. The standard InChI is InChI=1S/C18H27N3O/c1-3-19-18(21-16-12-15-7-8-17(16)22-15)20-10-9-14-6-4-5-13(2)11-14/h4-6,11,15-17H,3,7-10,12H2,1-2H3,(H2,19,20,21). The van der Waals surface area contributed by atoms with E-state index in [1.807, 2.05) is 0 Å². The predicted molar refractivity (Wildman–Crippen MR) is 90.3 cm³/mol. The fourth-order valence-corrected chi connectivity index (χ4v) is 3.45. The molecule has 2 aliphatic heterocycles. The smallest absolute Gasteiger partial charge is 0.191 e. The van der Waals surface area contributed by atoms with Gasteiger partial charge >= 0.3 is 0 Å². The fraction of sp³-hybridized carbons (Fsp3) is 0.611. The number of rotatable bonds is 5. The highest BCUT2D eigenvalue weighted by atomic mass is 16.5. The number of hydrogen-bond donors (Lipinski definition) is 2. The van der Waals surface area contributed by atoms with Gasteiger partial charge in [0.2, 0.25) is 0 Å². The minimum Gasteiger partial charge on any atom is -0.373 e. The molecule has 4 nitrogen and oxygen atoms in total. The minimum atomic E-state index is 0.380. The van der Waals surface area contributed by atoms with Gasteiger partial charge in [0, 0.05) is 13.1 Å². The van der Waals surface area contributed by atoms with Crippen molar-refractivity contribution in [3.05, 3.63) is 35.4 Å². The zero-order chi connectivity index (χ0) is 15.4. The van der Waals surface area contributed by atoms with Crippen molar-refractivity contribution < 1.29 is 4.74 Å². The number of aryl methyl sites for hydroxylation is 1. The summed E-state index contributed by atoms with van der Waals surface area (Å²) in [6.45, 7) is 5.93. The molecular formula is C18H27N3O. The third-order valence-corrected chi connectivity index (χ3v) is 4.53. The zero-order valence-corrected chi connectivity index (χ0v) is 13.6. The topological polar surface area (TPSA) is 45.7 Å². The van der Waals surface area contributed by atoms with E-state index in [0.717, 1.165) is 31.9 Å². The normalized spacial score (nSPS) is 27.2. The first-order chi connectivity index (χ1) is 10.7. The number of fused-ring (bicyclic) bond motifs is 2. The van der Waals surface area contributed by atoms with Gasteiger partial charge in [0.25, 0.3) is 0 Å². The fourth-order valence-electron chi connectivity index (χ4n) is 3.45. The summed E-state index contributed by atoms with van der Waals surface area (Å²) in [6, 6.07) is 9.08. The highest BCUT2D eigenvalue weighted by Gasteiger charge is 2.41. The SMILES string of the molecule is CCNC(=NCCc1cccc(C)c1)NC1CC2CCC1O2. The van der Waals surface area contributed by atoms with Gasteiger partial charge in [0.1, 0.15) is 0 Å². The molecule has 0 amide bonds. The number of aliphatic imine (C=N–C) groups is 1. The summed E-state index contributed by atoms with van der Waals surface area (Å²) >= 11 is 0. The quantitative estimate of drug-likeness (QED) is 0.648. The summed E-state index contributed by atoms with van der Waals surface area (Å²) in [5.41, 5.74) is 2.66. The molecular weight excluding hydrogens is 274 g/mol. The Bertz CT molecular complexity index is 529. The van der Waals surface area contributed by atoms with E-state index in [-0.39, 0.29) is 0 Å². The van der Waals surface area contributed by atoms with Crippen molar-refractivity contribution in [3.63, 3.8) is 0 Å². The van der Waals surface area contributed by atoms with Crippen molar-refractivity contribution in [1.82, 2.24) is 10.6 Å². The lowest BCUT2D eigenvalue weighted by molar-refractivity contribution is 0.0992.